The first-order chi connectivity index (χ1) is 6.07. The van der Waals surface area contributed by atoms with E-state index < -0.39 is 0 Å². The maximum Gasteiger partial charge on any atom is 0.135 e. The van der Waals surface area contributed by atoms with Crippen LogP contribution in [0.25, 0.3) is 0 Å². The molecule has 1 aromatic rings. The van der Waals surface area contributed by atoms with Crippen molar-refractivity contribution < 1.29 is 5.11 Å². The molecule has 0 heterocycles. The minimum absolute atomic E-state index is 0. The van der Waals surface area contributed by atoms with Crippen molar-refractivity contribution >= 4 is 44.3 Å². The van der Waals surface area contributed by atoms with Gasteiger partial charge in [0.1, 0.15) is 5.75 Å². The van der Waals surface area contributed by atoms with Gasteiger partial charge in [-0.1, -0.05) is 22.0 Å². The molecule has 0 aliphatic rings. The van der Waals surface area contributed by atoms with Crippen LogP contribution in [0.2, 0.25) is 0 Å². The Labute approximate surface area is 106 Å². The van der Waals surface area contributed by atoms with Crippen LogP contribution in [0.15, 0.2) is 33.7 Å². The Morgan fingerprint density at radius 3 is 2.36 bits per heavy atom. The highest BCUT2D eigenvalue weighted by Gasteiger charge is 2.13. The Bertz CT molecular complexity index is 344. The largest absolute Gasteiger partial charge is 0.506 e. The monoisotopic (exact) mass is 341 g/mol. The second-order valence-electron chi connectivity index (χ2n) is 2.55. The third-order valence-electron chi connectivity index (χ3n) is 1.70. The van der Waals surface area contributed by atoms with Crippen LogP contribution in [0, 0.1) is 0 Å². The summed E-state index contributed by atoms with van der Waals surface area (Å²) in [5.74, 6) is 0.154. The molecule has 1 aromatic carbocycles. The van der Waals surface area contributed by atoms with Crippen molar-refractivity contribution in [1.29, 1.82) is 0 Å². The molecule has 14 heavy (non-hydrogen) atoms. The highest BCUT2D eigenvalue weighted by molar-refractivity contribution is 9.11. The number of rotatable bonds is 2. The molecule has 0 amide bonds. The number of hydrogen-bond donors (Lipinski definition) is 2. The zero-order chi connectivity index (χ0) is 10.0. The standard InChI is InChI=1S/C9H9Br2NO.ClH/c1-2-7(12)8-5(10)3-4-6(11)9(8)13;/h2-4,7,13H,1,12H2;1H/t7-;/m0./s1. The minimum Gasteiger partial charge on any atom is -0.506 e. The van der Waals surface area contributed by atoms with E-state index in [4.69, 9.17) is 5.73 Å². The highest BCUT2D eigenvalue weighted by Crippen LogP contribution is 2.36. The molecule has 0 saturated heterocycles. The lowest BCUT2D eigenvalue weighted by Crippen LogP contribution is -2.07. The second kappa shape index (κ2) is 5.75. The van der Waals surface area contributed by atoms with E-state index in [1.54, 1.807) is 12.1 Å². The normalized spacial score (nSPS) is 11.6. The van der Waals surface area contributed by atoms with Gasteiger partial charge in [-0.15, -0.1) is 19.0 Å². The zero-order valence-corrected chi connectivity index (χ0v) is 11.2. The van der Waals surface area contributed by atoms with Gasteiger partial charge in [0.15, 0.2) is 0 Å². The van der Waals surface area contributed by atoms with Gasteiger partial charge in [-0.3, -0.25) is 0 Å². The van der Waals surface area contributed by atoms with Gasteiger partial charge in [0.05, 0.1) is 10.5 Å². The SMILES string of the molecule is C=C[C@H](N)c1c(Br)ccc(Br)c1O.Cl. The smallest absolute Gasteiger partial charge is 0.135 e. The lowest BCUT2D eigenvalue weighted by Gasteiger charge is -2.12. The Hall–Kier alpha value is -0.0300. The Morgan fingerprint density at radius 1 is 1.36 bits per heavy atom. The van der Waals surface area contributed by atoms with Crippen LogP contribution in [0.1, 0.15) is 11.6 Å². The average Bonchev–Trinajstić information content (AvgIpc) is 2.12. The third-order valence-corrected chi connectivity index (χ3v) is 3.03. The summed E-state index contributed by atoms with van der Waals surface area (Å²) in [6.45, 7) is 3.58. The molecule has 0 aliphatic carbocycles. The highest BCUT2D eigenvalue weighted by atomic mass is 79.9. The minimum atomic E-state index is -0.369. The molecule has 0 aromatic heterocycles. The lowest BCUT2D eigenvalue weighted by molar-refractivity contribution is 0.462. The van der Waals surface area contributed by atoms with Crippen LogP contribution in [-0.4, -0.2) is 5.11 Å². The number of phenols is 1. The topological polar surface area (TPSA) is 46.2 Å². The number of nitrogens with two attached hydrogens (primary N) is 1. The molecular weight excluding hydrogens is 333 g/mol. The first-order valence-electron chi connectivity index (χ1n) is 3.63. The summed E-state index contributed by atoms with van der Waals surface area (Å²) in [5, 5.41) is 9.68. The van der Waals surface area contributed by atoms with Crippen molar-refractivity contribution in [2.24, 2.45) is 5.73 Å². The summed E-state index contributed by atoms with van der Waals surface area (Å²) in [6.07, 6.45) is 1.58. The molecule has 0 saturated carbocycles. The maximum atomic E-state index is 9.68. The molecule has 0 fully saturated rings. The second-order valence-corrected chi connectivity index (χ2v) is 4.26. The van der Waals surface area contributed by atoms with E-state index >= 15 is 0 Å². The average molecular weight is 343 g/mol. The fourth-order valence-electron chi connectivity index (χ4n) is 0.992. The van der Waals surface area contributed by atoms with Crippen molar-refractivity contribution in [1.82, 2.24) is 0 Å². The Kier molecular flexibility index (Phi) is 5.74. The molecule has 2 nitrogen and oxygen atoms in total. The molecule has 0 bridgehead atoms. The Balaban J connectivity index is 0.00000169. The van der Waals surface area contributed by atoms with Crippen molar-refractivity contribution in [3.63, 3.8) is 0 Å². The summed E-state index contributed by atoms with van der Waals surface area (Å²) in [7, 11) is 0. The van der Waals surface area contributed by atoms with Crippen molar-refractivity contribution in [3.8, 4) is 5.75 Å². The van der Waals surface area contributed by atoms with Gasteiger partial charge in [-0.25, -0.2) is 0 Å². The van der Waals surface area contributed by atoms with E-state index in [1.807, 2.05) is 6.07 Å². The number of hydrogen-bond acceptors (Lipinski definition) is 2. The third kappa shape index (κ3) is 2.73. The van der Waals surface area contributed by atoms with Crippen LogP contribution in [0.3, 0.4) is 0 Å². The molecule has 78 valence electrons. The fourth-order valence-corrected chi connectivity index (χ4v) is 1.92. The lowest BCUT2D eigenvalue weighted by atomic mass is 10.1. The molecule has 1 rings (SSSR count). The van der Waals surface area contributed by atoms with Crippen LogP contribution >= 0.6 is 44.3 Å². The van der Waals surface area contributed by atoms with Crippen LogP contribution in [-0.2, 0) is 0 Å². The molecule has 0 unspecified atom stereocenters. The quantitative estimate of drug-likeness (QED) is 0.807. The van der Waals surface area contributed by atoms with Gasteiger partial charge in [-0.2, -0.15) is 0 Å². The number of benzene rings is 1. The van der Waals surface area contributed by atoms with Gasteiger partial charge in [0, 0.05) is 10.0 Å². The summed E-state index contributed by atoms with van der Waals surface area (Å²) >= 11 is 6.53. The summed E-state index contributed by atoms with van der Waals surface area (Å²) < 4.78 is 1.41. The summed E-state index contributed by atoms with van der Waals surface area (Å²) in [5.41, 5.74) is 6.38. The number of halogens is 3. The predicted octanol–water partition coefficient (Wildman–Crippen LogP) is 3.52. The predicted molar refractivity (Wildman–Crippen MR) is 67.9 cm³/mol. The van der Waals surface area contributed by atoms with Gasteiger partial charge >= 0.3 is 0 Å². The number of aromatic hydroxyl groups is 1. The van der Waals surface area contributed by atoms with Gasteiger partial charge in [0.2, 0.25) is 0 Å². The summed E-state index contributed by atoms with van der Waals surface area (Å²) in [4.78, 5) is 0. The molecular formula is C9H10Br2ClNO. The summed E-state index contributed by atoms with van der Waals surface area (Å²) in [6, 6.07) is 3.20. The van der Waals surface area contributed by atoms with E-state index in [9.17, 15) is 5.11 Å². The molecule has 5 heteroatoms. The number of phenolic OH excluding ortho intramolecular Hbond substituents is 1. The van der Waals surface area contributed by atoms with Gasteiger partial charge in [-0.05, 0) is 28.1 Å². The van der Waals surface area contributed by atoms with Crippen molar-refractivity contribution in [2.45, 2.75) is 6.04 Å². The first-order valence-corrected chi connectivity index (χ1v) is 5.21. The van der Waals surface area contributed by atoms with Gasteiger partial charge < -0.3 is 10.8 Å². The van der Waals surface area contributed by atoms with E-state index in [2.05, 4.69) is 38.4 Å². The molecule has 3 N–H and O–H groups in total. The molecule has 0 radical (unpaired) electrons. The van der Waals surface area contributed by atoms with Crippen LogP contribution in [0.5, 0.6) is 5.75 Å². The van der Waals surface area contributed by atoms with Crippen LogP contribution < -0.4 is 5.73 Å². The molecule has 1 atom stereocenters. The van der Waals surface area contributed by atoms with Gasteiger partial charge in [0.25, 0.3) is 0 Å². The van der Waals surface area contributed by atoms with E-state index in [1.165, 1.54) is 0 Å². The fraction of sp³-hybridized carbons (Fsp3) is 0.111. The van der Waals surface area contributed by atoms with Crippen molar-refractivity contribution in [2.75, 3.05) is 0 Å². The van der Waals surface area contributed by atoms with Crippen LogP contribution in [0.4, 0.5) is 0 Å². The Morgan fingerprint density at radius 2 is 1.86 bits per heavy atom. The van der Waals surface area contributed by atoms with E-state index in [0.29, 0.717) is 10.0 Å². The zero-order valence-electron chi connectivity index (χ0n) is 7.21. The molecule has 0 aliphatic heterocycles. The first kappa shape index (κ1) is 14.0. The van der Waals surface area contributed by atoms with E-state index in [-0.39, 0.29) is 24.2 Å². The van der Waals surface area contributed by atoms with E-state index in [0.717, 1.165) is 4.47 Å². The maximum absolute atomic E-state index is 9.68. The van der Waals surface area contributed by atoms with Crippen molar-refractivity contribution in [3.05, 3.63) is 39.3 Å². The molecule has 0 spiro atoms.